The molecule has 1 saturated heterocycles. The molecule has 2 rings (SSSR count). The van der Waals surface area contributed by atoms with Gasteiger partial charge in [-0.05, 0) is 40.9 Å². The summed E-state index contributed by atoms with van der Waals surface area (Å²) in [5.41, 5.74) is 0.817. The zero-order valence-electron chi connectivity index (χ0n) is 10.4. The summed E-state index contributed by atoms with van der Waals surface area (Å²) < 4.78 is 6.23. The van der Waals surface area contributed by atoms with Crippen molar-refractivity contribution in [2.75, 3.05) is 20.2 Å². The molecule has 4 nitrogen and oxygen atoms in total. The molecule has 0 N–H and O–H groups in total. The Labute approximate surface area is 115 Å². The first-order chi connectivity index (χ1) is 8.69. The number of ether oxygens (including phenoxy) is 1. The molecule has 1 amide bonds. The summed E-state index contributed by atoms with van der Waals surface area (Å²) in [7, 11) is 1.73. The number of amides is 1. The van der Waals surface area contributed by atoms with E-state index in [1.807, 2.05) is 17.0 Å². The number of pyridine rings is 1. The van der Waals surface area contributed by atoms with E-state index in [2.05, 4.69) is 20.9 Å². The molecule has 98 valence electrons. The third kappa shape index (κ3) is 3.53. The number of carbonyl (C=O) groups excluding carboxylic acids is 1. The lowest BCUT2D eigenvalue weighted by Crippen LogP contribution is -2.41. The van der Waals surface area contributed by atoms with E-state index < -0.39 is 0 Å². The molecule has 0 radical (unpaired) electrons. The van der Waals surface area contributed by atoms with Gasteiger partial charge in [0, 0.05) is 36.6 Å². The van der Waals surface area contributed by atoms with Gasteiger partial charge in [-0.3, -0.25) is 9.78 Å². The summed E-state index contributed by atoms with van der Waals surface area (Å²) in [5.74, 6) is 0.152. The van der Waals surface area contributed by atoms with Gasteiger partial charge in [0.25, 0.3) is 0 Å². The Kier molecular flexibility index (Phi) is 4.72. The molecule has 18 heavy (non-hydrogen) atoms. The highest BCUT2D eigenvalue weighted by Gasteiger charge is 2.22. The molecule has 1 aromatic heterocycles. The van der Waals surface area contributed by atoms with Crippen LogP contribution in [0.4, 0.5) is 0 Å². The van der Waals surface area contributed by atoms with Gasteiger partial charge >= 0.3 is 0 Å². The first-order valence-electron chi connectivity index (χ1n) is 6.10. The second-order valence-corrected chi connectivity index (χ2v) is 5.38. The van der Waals surface area contributed by atoms with Gasteiger partial charge in [0.15, 0.2) is 0 Å². The Hall–Kier alpha value is -0.940. The minimum atomic E-state index is 0.152. The number of piperidine rings is 1. The summed E-state index contributed by atoms with van der Waals surface area (Å²) in [4.78, 5) is 18.2. The summed E-state index contributed by atoms with van der Waals surface area (Å²) >= 11 is 3.33. The van der Waals surface area contributed by atoms with Crippen molar-refractivity contribution < 1.29 is 9.53 Å². The fourth-order valence-corrected chi connectivity index (χ4v) is 2.35. The molecule has 1 aromatic rings. The maximum atomic E-state index is 12.1. The molecule has 0 aromatic carbocycles. The van der Waals surface area contributed by atoms with E-state index in [0.29, 0.717) is 12.5 Å². The highest BCUT2D eigenvalue weighted by Crippen LogP contribution is 2.14. The average Bonchev–Trinajstić information content (AvgIpc) is 2.41. The van der Waals surface area contributed by atoms with Crippen LogP contribution in [0, 0.1) is 0 Å². The van der Waals surface area contributed by atoms with E-state index in [1.165, 1.54) is 0 Å². The number of methoxy groups -OCH3 is 1. The van der Waals surface area contributed by atoms with Gasteiger partial charge in [-0.2, -0.15) is 0 Å². The second kappa shape index (κ2) is 6.29. The van der Waals surface area contributed by atoms with Crippen LogP contribution < -0.4 is 0 Å². The molecule has 1 fully saturated rings. The van der Waals surface area contributed by atoms with Crippen molar-refractivity contribution in [1.29, 1.82) is 0 Å². The SMILES string of the molecule is COC1CCN(C(=O)Cc2ccc(Br)cn2)CC1. The minimum absolute atomic E-state index is 0.152. The van der Waals surface area contributed by atoms with E-state index in [1.54, 1.807) is 13.3 Å². The molecule has 1 aliphatic rings. The van der Waals surface area contributed by atoms with Gasteiger partial charge < -0.3 is 9.64 Å². The lowest BCUT2D eigenvalue weighted by molar-refractivity contribution is -0.132. The predicted molar refractivity (Wildman–Crippen MR) is 72.3 cm³/mol. The summed E-state index contributed by atoms with van der Waals surface area (Å²) in [5, 5.41) is 0. The number of carbonyl (C=O) groups is 1. The van der Waals surface area contributed by atoms with Crippen LogP contribution in [0.1, 0.15) is 18.5 Å². The number of aromatic nitrogens is 1. The summed E-state index contributed by atoms with van der Waals surface area (Å²) in [6, 6.07) is 3.79. The van der Waals surface area contributed by atoms with Crippen LogP contribution in [-0.4, -0.2) is 42.1 Å². The summed E-state index contributed by atoms with van der Waals surface area (Å²) in [6.45, 7) is 1.57. The fraction of sp³-hybridized carbons (Fsp3) is 0.538. The quantitative estimate of drug-likeness (QED) is 0.857. The maximum Gasteiger partial charge on any atom is 0.228 e. The number of halogens is 1. The summed E-state index contributed by atoms with van der Waals surface area (Å²) in [6.07, 6.45) is 4.26. The van der Waals surface area contributed by atoms with Crippen molar-refractivity contribution in [3.8, 4) is 0 Å². The minimum Gasteiger partial charge on any atom is -0.381 e. The number of nitrogens with zero attached hydrogens (tertiary/aromatic N) is 2. The van der Waals surface area contributed by atoms with Gasteiger partial charge in [0.05, 0.1) is 12.5 Å². The monoisotopic (exact) mass is 312 g/mol. The largest absolute Gasteiger partial charge is 0.381 e. The van der Waals surface area contributed by atoms with Gasteiger partial charge in [0.2, 0.25) is 5.91 Å². The molecule has 0 spiro atoms. The van der Waals surface area contributed by atoms with Crippen molar-refractivity contribution in [3.63, 3.8) is 0 Å². The maximum absolute atomic E-state index is 12.1. The van der Waals surface area contributed by atoms with Crippen LogP contribution in [0.15, 0.2) is 22.8 Å². The standard InChI is InChI=1S/C13H17BrN2O2/c1-18-12-4-6-16(7-5-12)13(17)8-11-3-2-10(14)9-15-11/h2-3,9,12H,4-8H2,1H3. The molecule has 0 bridgehead atoms. The number of hydrogen-bond acceptors (Lipinski definition) is 3. The molecular weight excluding hydrogens is 296 g/mol. The Morgan fingerprint density at radius 3 is 2.78 bits per heavy atom. The van der Waals surface area contributed by atoms with Crippen LogP contribution in [-0.2, 0) is 16.0 Å². The molecule has 0 saturated carbocycles. The molecule has 2 heterocycles. The van der Waals surface area contributed by atoms with E-state index in [0.717, 1.165) is 36.1 Å². The van der Waals surface area contributed by atoms with Crippen LogP contribution in [0.25, 0.3) is 0 Å². The number of hydrogen-bond donors (Lipinski definition) is 0. The first-order valence-corrected chi connectivity index (χ1v) is 6.89. The molecule has 1 aliphatic heterocycles. The van der Waals surface area contributed by atoms with Crippen molar-refractivity contribution in [2.24, 2.45) is 0 Å². The molecule has 0 atom stereocenters. The number of rotatable bonds is 3. The molecule has 0 unspecified atom stereocenters. The third-order valence-electron chi connectivity index (χ3n) is 3.25. The van der Waals surface area contributed by atoms with Crippen molar-refractivity contribution in [3.05, 3.63) is 28.5 Å². The van der Waals surface area contributed by atoms with Crippen molar-refractivity contribution >= 4 is 21.8 Å². The van der Waals surface area contributed by atoms with Crippen molar-refractivity contribution in [1.82, 2.24) is 9.88 Å². The molecule has 0 aliphatic carbocycles. The third-order valence-corrected chi connectivity index (χ3v) is 3.72. The normalized spacial score (nSPS) is 16.9. The lowest BCUT2D eigenvalue weighted by atomic mass is 10.1. The van der Waals surface area contributed by atoms with Crippen LogP contribution in [0.3, 0.4) is 0 Å². The Balaban J connectivity index is 1.87. The predicted octanol–water partition coefficient (Wildman–Crippen LogP) is 2.02. The Bertz CT molecular complexity index is 400. The van der Waals surface area contributed by atoms with Crippen LogP contribution >= 0.6 is 15.9 Å². The van der Waals surface area contributed by atoms with Gasteiger partial charge in [-0.15, -0.1) is 0 Å². The number of likely N-dealkylation sites (tertiary alicyclic amines) is 1. The van der Waals surface area contributed by atoms with Gasteiger partial charge in [-0.1, -0.05) is 0 Å². The smallest absolute Gasteiger partial charge is 0.228 e. The zero-order chi connectivity index (χ0) is 13.0. The van der Waals surface area contributed by atoms with Gasteiger partial charge in [-0.25, -0.2) is 0 Å². The molecular formula is C13H17BrN2O2. The van der Waals surface area contributed by atoms with Gasteiger partial charge in [0.1, 0.15) is 0 Å². The van der Waals surface area contributed by atoms with E-state index in [9.17, 15) is 4.79 Å². The highest BCUT2D eigenvalue weighted by molar-refractivity contribution is 9.10. The van der Waals surface area contributed by atoms with E-state index >= 15 is 0 Å². The topological polar surface area (TPSA) is 42.4 Å². The second-order valence-electron chi connectivity index (χ2n) is 4.46. The van der Waals surface area contributed by atoms with E-state index in [-0.39, 0.29) is 5.91 Å². The van der Waals surface area contributed by atoms with Crippen molar-refractivity contribution in [2.45, 2.75) is 25.4 Å². The fourth-order valence-electron chi connectivity index (χ4n) is 2.12. The lowest BCUT2D eigenvalue weighted by Gasteiger charge is -2.31. The zero-order valence-corrected chi connectivity index (χ0v) is 12.0. The average molecular weight is 313 g/mol. The van der Waals surface area contributed by atoms with Crippen LogP contribution in [0.5, 0.6) is 0 Å². The Morgan fingerprint density at radius 1 is 1.50 bits per heavy atom. The van der Waals surface area contributed by atoms with E-state index in [4.69, 9.17) is 4.74 Å². The van der Waals surface area contributed by atoms with Crippen LogP contribution in [0.2, 0.25) is 0 Å². The Morgan fingerprint density at radius 2 is 2.22 bits per heavy atom. The molecule has 5 heteroatoms. The first kappa shape index (κ1) is 13.5. The highest BCUT2D eigenvalue weighted by atomic mass is 79.9.